The van der Waals surface area contributed by atoms with E-state index in [4.69, 9.17) is 9.84 Å². The SMILES string of the molecule is COc1ccc(-n2nc(-c3ccccc3)c3c2N(CC(=O)NCc2ccccn2)C(=O)CS[C@H]3c2ccsc2)cc1. The Kier molecular flexibility index (Phi) is 7.84. The zero-order valence-corrected chi connectivity index (χ0v) is 23.9. The molecular formula is C31H27N5O3S2. The quantitative estimate of drug-likeness (QED) is 0.261. The summed E-state index contributed by atoms with van der Waals surface area (Å²) in [6, 6.07) is 25.1. The number of amides is 2. The van der Waals surface area contributed by atoms with Crippen molar-refractivity contribution < 1.29 is 14.3 Å². The number of nitrogens with zero attached hydrogens (tertiary/aromatic N) is 4. The largest absolute Gasteiger partial charge is 0.497 e. The number of aromatic nitrogens is 3. The van der Waals surface area contributed by atoms with Gasteiger partial charge in [-0.05, 0) is 58.8 Å². The molecule has 2 aromatic carbocycles. The number of thiophene rings is 1. The van der Waals surface area contributed by atoms with Crippen LogP contribution in [0.1, 0.15) is 22.1 Å². The molecule has 41 heavy (non-hydrogen) atoms. The van der Waals surface area contributed by atoms with Gasteiger partial charge in [-0.15, -0.1) is 11.8 Å². The van der Waals surface area contributed by atoms with Crippen LogP contribution >= 0.6 is 23.1 Å². The minimum absolute atomic E-state index is 0.147. The number of thioether (sulfide) groups is 1. The molecule has 0 aliphatic carbocycles. The fourth-order valence-corrected chi connectivity index (χ4v) is 6.77. The molecule has 206 valence electrons. The molecule has 0 bridgehead atoms. The van der Waals surface area contributed by atoms with Gasteiger partial charge in [-0.1, -0.05) is 36.4 Å². The minimum atomic E-state index is -0.280. The second-order valence-electron chi connectivity index (χ2n) is 9.39. The topological polar surface area (TPSA) is 89.3 Å². The zero-order valence-electron chi connectivity index (χ0n) is 22.3. The van der Waals surface area contributed by atoms with E-state index in [1.807, 2.05) is 78.2 Å². The summed E-state index contributed by atoms with van der Waals surface area (Å²) in [7, 11) is 1.62. The number of ether oxygens (including phenoxy) is 1. The van der Waals surface area contributed by atoms with Gasteiger partial charge in [-0.2, -0.15) is 16.4 Å². The van der Waals surface area contributed by atoms with Crippen molar-refractivity contribution in [3.05, 3.63) is 113 Å². The van der Waals surface area contributed by atoms with Crippen molar-refractivity contribution >= 4 is 40.7 Å². The van der Waals surface area contributed by atoms with Gasteiger partial charge in [-0.3, -0.25) is 19.5 Å². The lowest BCUT2D eigenvalue weighted by Gasteiger charge is -2.23. The Balaban J connectivity index is 1.49. The van der Waals surface area contributed by atoms with Crippen molar-refractivity contribution in [2.45, 2.75) is 11.8 Å². The van der Waals surface area contributed by atoms with E-state index in [1.54, 1.807) is 46.0 Å². The van der Waals surface area contributed by atoms with E-state index in [1.165, 1.54) is 0 Å². The fraction of sp³-hybridized carbons (Fsp3) is 0.161. The second-order valence-corrected chi connectivity index (χ2v) is 11.3. The first-order valence-corrected chi connectivity index (χ1v) is 15.0. The maximum atomic E-state index is 13.8. The van der Waals surface area contributed by atoms with Crippen molar-refractivity contribution in [2.75, 3.05) is 24.3 Å². The van der Waals surface area contributed by atoms with E-state index in [0.717, 1.165) is 33.8 Å². The Bertz CT molecular complexity index is 1640. The van der Waals surface area contributed by atoms with Gasteiger partial charge in [-0.25, -0.2) is 4.68 Å². The second kappa shape index (κ2) is 12.0. The first-order chi connectivity index (χ1) is 20.1. The average molecular weight is 582 g/mol. The third-order valence-electron chi connectivity index (χ3n) is 6.79. The highest BCUT2D eigenvalue weighted by Crippen LogP contribution is 2.48. The first kappa shape index (κ1) is 26.8. The zero-order chi connectivity index (χ0) is 28.2. The number of carbonyl (C=O) groups is 2. The number of benzene rings is 2. The molecule has 1 aliphatic rings. The Labute approximate surface area is 246 Å². The Morgan fingerprint density at radius 3 is 2.56 bits per heavy atom. The highest BCUT2D eigenvalue weighted by Gasteiger charge is 2.37. The third kappa shape index (κ3) is 5.61. The number of anilines is 1. The van der Waals surface area contributed by atoms with Gasteiger partial charge >= 0.3 is 0 Å². The van der Waals surface area contributed by atoms with Gasteiger partial charge in [0.1, 0.15) is 18.1 Å². The van der Waals surface area contributed by atoms with Crippen molar-refractivity contribution in [3.63, 3.8) is 0 Å². The molecule has 0 fully saturated rings. The molecule has 0 radical (unpaired) electrons. The first-order valence-electron chi connectivity index (χ1n) is 13.1. The number of fused-ring (bicyclic) bond motifs is 1. The van der Waals surface area contributed by atoms with E-state index < -0.39 is 0 Å². The number of nitrogens with one attached hydrogen (secondary N) is 1. The molecule has 2 amide bonds. The number of rotatable bonds is 8. The molecular weight excluding hydrogens is 555 g/mol. The van der Waals surface area contributed by atoms with E-state index in [9.17, 15) is 9.59 Å². The van der Waals surface area contributed by atoms with E-state index in [0.29, 0.717) is 11.6 Å². The molecule has 5 aromatic rings. The van der Waals surface area contributed by atoms with Crippen LogP contribution in [0, 0.1) is 0 Å². The maximum absolute atomic E-state index is 13.8. The summed E-state index contributed by atoms with van der Waals surface area (Å²) in [5, 5.41) is 12.0. The van der Waals surface area contributed by atoms with Crippen LogP contribution in [-0.2, 0) is 16.1 Å². The Morgan fingerprint density at radius 1 is 1.05 bits per heavy atom. The lowest BCUT2D eigenvalue weighted by Crippen LogP contribution is -2.42. The summed E-state index contributed by atoms with van der Waals surface area (Å²) in [5.41, 5.74) is 5.21. The summed E-state index contributed by atoms with van der Waals surface area (Å²) in [6.45, 7) is 0.125. The molecule has 0 saturated heterocycles. The molecule has 4 heterocycles. The van der Waals surface area contributed by atoms with E-state index in [2.05, 4.69) is 21.7 Å². The molecule has 0 saturated carbocycles. The van der Waals surface area contributed by atoms with Gasteiger partial charge in [0.05, 0.1) is 41.7 Å². The van der Waals surface area contributed by atoms with Crippen LogP contribution in [0.5, 0.6) is 5.75 Å². The highest BCUT2D eigenvalue weighted by molar-refractivity contribution is 8.00. The number of methoxy groups -OCH3 is 1. The van der Waals surface area contributed by atoms with Crippen LogP contribution in [-0.4, -0.2) is 46.0 Å². The maximum Gasteiger partial charge on any atom is 0.240 e. The van der Waals surface area contributed by atoms with Gasteiger partial charge in [0.25, 0.3) is 0 Å². The predicted octanol–water partition coefficient (Wildman–Crippen LogP) is 5.49. The van der Waals surface area contributed by atoms with Crippen LogP contribution in [0.2, 0.25) is 0 Å². The minimum Gasteiger partial charge on any atom is -0.497 e. The van der Waals surface area contributed by atoms with Gasteiger partial charge in [0.2, 0.25) is 11.8 Å². The average Bonchev–Trinajstić information content (AvgIpc) is 3.67. The molecule has 1 aliphatic heterocycles. The lowest BCUT2D eigenvalue weighted by atomic mass is 10.0. The standard InChI is InChI=1S/C31H27N5O3S2/c1-39-25-12-10-24(11-13-25)36-31-28(29(34-36)21-7-3-2-4-8-21)30(22-14-16-40-19-22)41-20-27(38)35(31)18-26(37)33-17-23-9-5-6-15-32-23/h2-16,19,30H,17-18,20H2,1H3,(H,33,37)/t30-/m0/s1. The highest BCUT2D eigenvalue weighted by atomic mass is 32.2. The number of hydrogen-bond acceptors (Lipinski definition) is 7. The van der Waals surface area contributed by atoms with Crippen LogP contribution in [0.3, 0.4) is 0 Å². The molecule has 0 spiro atoms. The Hall–Kier alpha value is -4.41. The van der Waals surface area contributed by atoms with Crippen LogP contribution in [0.15, 0.2) is 95.8 Å². The predicted molar refractivity (Wildman–Crippen MR) is 163 cm³/mol. The molecule has 1 atom stereocenters. The smallest absolute Gasteiger partial charge is 0.240 e. The fourth-order valence-electron chi connectivity index (χ4n) is 4.81. The van der Waals surface area contributed by atoms with Crippen molar-refractivity contribution in [2.24, 2.45) is 0 Å². The molecule has 8 nitrogen and oxygen atoms in total. The van der Waals surface area contributed by atoms with Crippen molar-refractivity contribution in [1.82, 2.24) is 20.1 Å². The monoisotopic (exact) mass is 581 g/mol. The number of pyridine rings is 1. The van der Waals surface area contributed by atoms with Gasteiger partial charge in [0, 0.05) is 17.3 Å². The van der Waals surface area contributed by atoms with Crippen LogP contribution in [0.4, 0.5) is 5.82 Å². The van der Waals surface area contributed by atoms with E-state index >= 15 is 0 Å². The summed E-state index contributed by atoms with van der Waals surface area (Å²) < 4.78 is 7.16. The normalized spacial score (nSPS) is 14.8. The van der Waals surface area contributed by atoms with E-state index in [-0.39, 0.29) is 35.9 Å². The molecule has 1 N–H and O–H groups in total. The summed E-state index contributed by atoms with van der Waals surface area (Å²) in [6.07, 6.45) is 1.69. The summed E-state index contributed by atoms with van der Waals surface area (Å²) in [5.74, 6) is 1.09. The summed E-state index contributed by atoms with van der Waals surface area (Å²) in [4.78, 5) is 32.9. The number of hydrogen-bond donors (Lipinski definition) is 1. The van der Waals surface area contributed by atoms with Crippen molar-refractivity contribution in [3.8, 4) is 22.7 Å². The van der Waals surface area contributed by atoms with Crippen LogP contribution < -0.4 is 15.0 Å². The molecule has 3 aromatic heterocycles. The molecule has 0 unspecified atom stereocenters. The van der Waals surface area contributed by atoms with Crippen molar-refractivity contribution in [1.29, 1.82) is 0 Å². The van der Waals surface area contributed by atoms with Gasteiger partial charge < -0.3 is 10.1 Å². The molecule has 6 rings (SSSR count). The lowest BCUT2D eigenvalue weighted by molar-refractivity contribution is -0.123. The Morgan fingerprint density at radius 2 is 1.85 bits per heavy atom. The third-order valence-corrected chi connectivity index (χ3v) is 8.75. The molecule has 10 heteroatoms. The number of carbonyl (C=O) groups excluding carboxylic acids is 2. The van der Waals surface area contributed by atoms with Crippen LogP contribution in [0.25, 0.3) is 16.9 Å². The summed E-state index contributed by atoms with van der Waals surface area (Å²) >= 11 is 3.17. The van der Waals surface area contributed by atoms with Gasteiger partial charge in [0.15, 0.2) is 0 Å².